The Kier molecular flexibility index (Phi) is 4.87. The summed E-state index contributed by atoms with van der Waals surface area (Å²) >= 11 is 0. The van der Waals surface area contributed by atoms with E-state index in [4.69, 9.17) is 4.52 Å². The van der Waals surface area contributed by atoms with Crippen LogP contribution in [0.25, 0.3) is 11.0 Å². The van der Waals surface area contributed by atoms with Crippen LogP contribution in [0.5, 0.6) is 0 Å². The van der Waals surface area contributed by atoms with Crippen LogP contribution in [0, 0.1) is 0 Å². The van der Waals surface area contributed by atoms with Crippen molar-refractivity contribution in [3.05, 3.63) is 23.9 Å². The van der Waals surface area contributed by atoms with Crippen molar-refractivity contribution in [3.8, 4) is 0 Å². The summed E-state index contributed by atoms with van der Waals surface area (Å²) < 4.78 is 5.45. The zero-order chi connectivity index (χ0) is 18.8. The molecule has 2 aliphatic heterocycles. The maximum Gasteiger partial charge on any atom is 0.238 e. The van der Waals surface area contributed by atoms with E-state index in [2.05, 4.69) is 26.0 Å². The molecule has 9 nitrogen and oxygen atoms in total. The van der Waals surface area contributed by atoms with Gasteiger partial charge >= 0.3 is 0 Å². The number of para-hydroxylation sites is 1. The van der Waals surface area contributed by atoms with E-state index in [-0.39, 0.29) is 24.1 Å². The van der Waals surface area contributed by atoms with Crippen molar-refractivity contribution >= 4 is 34.4 Å². The van der Waals surface area contributed by atoms with Gasteiger partial charge in [-0.15, -0.1) is 0 Å². The molecule has 1 aromatic carbocycles. The van der Waals surface area contributed by atoms with Crippen LogP contribution >= 0.6 is 0 Å². The molecule has 1 aromatic heterocycles. The molecule has 2 aliphatic rings. The number of piperazine rings is 1. The first-order valence-electron chi connectivity index (χ1n) is 9.07. The van der Waals surface area contributed by atoms with Gasteiger partial charge in [0.1, 0.15) is 5.69 Å². The van der Waals surface area contributed by atoms with Crippen molar-refractivity contribution in [2.75, 3.05) is 38.0 Å². The first kappa shape index (κ1) is 17.6. The quantitative estimate of drug-likeness (QED) is 0.657. The number of benzene rings is 1. The number of anilines is 1. The third-order valence-electron chi connectivity index (χ3n) is 4.95. The lowest BCUT2D eigenvalue weighted by Crippen LogP contribution is -2.46. The molecule has 0 saturated carbocycles. The smallest absolute Gasteiger partial charge is 0.238 e. The van der Waals surface area contributed by atoms with Gasteiger partial charge in [0, 0.05) is 38.0 Å². The van der Waals surface area contributed by atoms with Crippen molar-refractivity contribution < 1.29 is 18.9 Å². The summed E-state index contributed by atoms with van der Waals surface area (Å²) in [7, 11) is 0. The van der Waals surface area contributed by atoms with Crippen molar-refractivity contribution in [2.45, 2.75) is 18.8 Å². The molecule has 2 saturated heterocycles. The molecule has 3 amide bonds. The molecule has 1 unspecified atom stereocenters. The lowest BCUT2D eigenvalue weighted by atomic mass is 9.93. The van der Waals surface area contributed by atoms with Crippen molar-refractivity contribution in [3.63, 3.8) is 0 Å². The van der Waals surface area contributed by atoms with Crippen LogP contribution in [0.3, 0.4) is 0 Å². The van der Waals surface area contributed by atoms with Crippen LogP contribution in [0.4, 0.5) is 5.69 Å². The van der Waals surface area contributed by atoms with Crippen LogP contribution in [-0.4, -0.2) is 60.5 Å². The van der Waals surface area contributed by atoms with Crippen molar-refractivity contribution in [1.29, 1.82) is 0 Å². The Morgan fingerprint density at radius 1 is 1.30 bits per heavy atom. The SMILES string of the molecule is O=C1CCC(c2noc3c(NC(=O)CN4CCNCC4)cccc23)C(=O)N1. The van der Waals surface area contributed by atoms with E-state index in [9.17, 15) is 14.4 Å². The second kappa shape index (κ2) is 7.45. The summed E-state index contributed by atoms with van der Waals surface area (Å²) in [5.41, 5.74) is 1.46. The minimum atomic E-state index is -0.532. The van der Waals surface area contributed by atoms with Gasteiger partial charge in [-0.05, 0) is 18.6 Å². The van der Waals surface area contributed by atoms with Gasteiger partial charge in [0.2, 0.25) is 17.7 Å². The van der Waals surface area contributed by atoms with E-state index in [1.807, 2.05) is 0 Å². The van der Waals surface area contributed by atoms with Gasteiger partial charge in [-0.1, -0.05) is 11.2 Å². The number of hydrogen-bond acceptors (Lipinski definition) is 7. The molecule has 27 heavy (non-hydrogen) atoms. The van der Waals surface area contributed by atoms with Crippen molar-refractivity contribution in [1.82, 2.24) is 20.7 Å². The third kappa shape index (κ3) is 3.69. The fourth-order valence-electron chi connectivity index (χ4n) is 3.55. The number of nitrogens with zero attached hydrogens (tertiary/aromatic N) is 2. The van der Waals surface area contributed by atoms with Crippen LogP contribution in [0.15, 0.2) is 22.7 Å². The Morgan fingerprint density at radius 2 is 2.11 bits per heavy atom. The van der Waals surface area contributed by atoms with Crippen LogP contribution in [0.2, 0.25) is 0 Å². The summed E-state index contributed by atoms with van der Waals surface area (Å²) in [4.78, 5) is 38.0. The summed E-state index contributed by atoms with van der Waals surface area (Å²) in [5, 5.41) is 13.2. The number of carbonyl (C=O) groups excluding carboxylic acids is 3. The monoisotopic (exact) mass is 371 g/mol. The van der Waals surface area contributed by atoms with E-state index in [0.29, 0.717) is 35.3 Å². The number of piperidine rings is 1. The van der Waals surface area contributed by atoms with E-state index >= 15 is 0 Å². The second-order valence-corrected chi connectivity index (χ2v) is 6.83. The van der Waals surface area contributed by atoms with Crippen molar-refractivity contribution in [2.24, 2.45) is 0 Å². The molecule has 9 heteroatoms. The summed E-state index contributed by atoms with van der Waals surface area (Å²) in [6, 6.07) is 5.34. The lowest BCUT2D eigenvalue weighted by Gasteiger charge is -2.26. The first-order chi connectivity index (χ1) is 13.1. The average Bonchev–Trinajstić information content (AvgIpc) is 3.07. The van der Waals surface area contributed by atoms with E-state index < -0.39 is 5.92 Å². The Labute approximate surface area is 155 Å². The number of carbonyl (C=O) groups is 3. The predicted octanol–water partition coefficient (Wildman–Crippen LogP) is 0.192. The molecule has 0 spiro atoms. The fraction of sp³-hybridized carbons (Fsp3) is 0.444. The number of imide groups is 1. The summed E-state index contributed by atoms with van der Waals surface area (Å²) in [6.45, 7) is 3.73. The topological polar surface area (TPSA) is 117 Å². The highest BCUT2D eigenvalue weighted by molar-refractivity contribution is 6.04. The highest BCUT2D eigenvalue weighted by Gasteiger charge is 2.32. The Hall–Kier alpha value is -2.78. The highest BCUT2D eigenvalue weighted by Crippen LogP contribution is 2.33. The molecule has 4 rings (SSSR count). The molecule has 0 aliphatic carbocycles. The molecule has 0 bridgehead atoms. The van der Waals surface area contributed by atoms with Gasteiger partial charge in [0.05, 0.1) is 18.2 Å². The Balaban J connectivity index is 1.53. The number of aromatic nitrogens is 1. The van der Waals surface area contributed by atoms with Gasteiger partial charge in [-0.3, -0.25) is 24.6 Å². The number of hydrogen-bond donors (Lipinski definition) is 3. The predicted molar refractivity (Wildman–Crippen MR) is 97.1 cm³/mol. The van der Waals surface area contributed by atoms with Crippen LogP contribution in [0.1, 0.15) is 24.5 Å². The molecular weight excluding hydrogens is 350 g/mol. The van der Waals surface area contributed by atoms with Crippen LogP contribution < -0.4 is 16.0 Å². The minimum absolute atomic E-state index is 0.122. The van der Waals surface area contributed by atoms with Gasteiger partial charge in [0.15, 0.2) is 5.58 Å². The van der Waals surface area contributed by atoms with E-state index in [0.717, 1.165) is 26.2 Å². The summed E-state index contributed by atoms with van der Waals surface area (Å²) in [6.07, 6.45) is 0.664. The van der Waals surface area contributed by atoms with Gasteiger partial charge < -0.3 is 15.2 Å². The van der Waals surface area contributed by atoms with E-state index in [1.54, 1.807) is 18.2 Å². The van der Waals surface area contributed by atoms with Gasteiger partial charge in [-0.2, -0.15) is 0 Å². The first-order valence-corrected chi connectivity index (χ1v) is 9.07. The van der Waals surface area contributed by atoms with Gasteiger partial charge in [0.25, 0.3) is 0 Å². The zero-order valence-electron chi connectivity index (χ0n) is 14.8. The maximum absolute atomic E-state index is 12.4. The second-order valence-electron chi connectivity index (χ2n) is 6.83. The average molecular weight is 371 g/mol. The van der Waals surface area contributed by atoms with Crippen LogP contribution in [-0.2, 0) is 14.4 Å². The molecule has 2 fully saturated rings. The third-order valence-corrected chi connectivity index (χ3v) is 4.95. The van der Waals surface area contributed by atoms with Gasteiger partial charge in [-0.25, -0.2) is 0 Å². The minimum Gasteiger partial charge on any atom is -0.354 e. The standard InChI is InChI=1S/C18H21N5O4/c24-14-5-4-12(18(26)21-14)16-11-2-1-3-13(17(11)27-22-16)20-15(25)10-23-8-6-19-7-9-23/h1-3,12,19H,4-10H2,(H,20,25)(H,21,24,26). The Morgan fingerprint density at radius 3 is 2.89 bits per heavy atom. The van der Waals surface area contributed by atoms with E-state index in [1.165, 1.54) is 0 Å². The molecule has 2 aromatic rings. The largest absolute Gasteiger partial charge is 0.354 e. The molecule has 142 valence electrons. The highest BCUT2D eigenvalue weighted by atomic mass is 16.5. The number of fused-ring (bicyclic) bond motifs is 1. The maximum atomic E-state index is 12.4. The number of nitrogens with one attached hydrogen (secondary N) is 3. The molecule has 1 atom stereocenters. The normalized spacial score (nSPS) is 21.3. The lowest BCUT2D eigenvalue weighted by molar-refractivity contribution is -0.134. The molecule has 3 heterocycles. The number of amides is 3. The molecule has 0 radical (unpaired) electrons. The molecule has 3 N–H and O–H groups in total. The zero-order valence-corrected chi connectivity index (χ0v) is 14.8. The number of rotatable bonds is 4. The summed E-state index contributed by atoms with van der Waals surface area (Å²) in [5.74, 6) is -1.29. The fourth-order valence-corrected chi connectivity index (χ4v) is 3.55. The Bertz CT molecular complexity index is 887. The molecular formula is C18H21N5O4.